The SMILES string of the molecule is CCCCCOc1ccc(C2c3c(-c4ccccc4O)n[nH]c3C(=O)N2Cc2ccc(Cl)cc2)cc1OC. The Kier molecular flexibility index (Phi) is 7.56. The van der Waals surface area contributed by atoms with Crippen molar-refractivity contribution >= 4 is 17.5 Å². The fourth-order valence-electron chi connectivity index (χ4n) is 4.88. The lowest BCUT2D eigenvalue weighted by Crippen LogP contribution is -2.29. The summed E-state index contributed by atoms with van der Waals surface area (Å²) in [4.78, 5) is 15.5. The highest BCUT2D eigenvalue weighted by molar-refractivity contribution is 6.30. The number of aromatic hydroxyl groups is 1. The lowest BCUT2D eigenvalue weighted by atomic mass is 9.95. The molecule has 0 saturated heterocycles. The van der Waals surface area contributed by atoms with E-state index >= 15 is 0 Å². The van der Waals surface area contributed by atoms with Crippen LogP contribution in [0.2, 0.25) is 5.02 Å². The van der Waals surface area contributed by atoms with Gasteiger partial charge in [-0.1, -0.05) is 61.7 Å². The van der Waals surface area contributed by atoms with Crippen LogP contribution < -0.4 is 9.47 Å². The molecule has 3 aromatic carbocycles. The molecule has 1 unspecified atom stereocenters. The van der Waals surface area contributed by atoms with E-state index in [0.29, 0.717) is 52.2 Å². The number of ether oxygens (including phenoxy) is 2. The van der Waals surface area contributed by atoms with Gasteiger partial charge in [-0.2, -0.15) is 5.10 Å². The summed E-state index contributed by atoms with van der Waals surface area (Å²) in [5.41, 5.74) is 4.00. The maximum absolute atomic E-state index is 13.7. The lowest BCUT2D eigenvalue weighted by Gasteiger charge is -2.27. The van der Waals surface area contributed by atoms with Crippen LogP contribution in [0, 0.1) is 0 Å². The molecule has 2 heterocycles. The molecular formula is C30H30ClN3O4. The normalized spacial score (nSPS) is 14.6. The number of nitrogens with one attached hydrogen (secondary N) is 1. The first-order valence-electron chi connectivity index (χ1n) is 12.7. The highest BCUT2D eigenvalue weighted by Crippen LogP contribution is 2.46. The first-order valence-corrected chi connectivity index (χ1v) is 13.1. The predicted molar refractivity (Wildman–Crippen MR) is 147 cm³/mol. The van der Waals surface area contributed by atoms with Crippen molar-refractivity contribution in [1.29, 1.82) is 0 Å². The standard InChI is InChI=1S/C30H30ClN3O4/c1-3-4-7-16-38-24-15-12-20(17-25(24)37-2)29-26-27(22-8-5-6-9-23(22)35)32-33-28(26)30(36)34(29)18-19-10-13-21(31)14-11-19/h5-6,8-15,17,29,35H,3-4,7,16,18H2,1-2H3,(H,32,33). The van der Waals surface area contributed by atoms with E-state index in [2.05, 4.69) is 17.1 Å². The number of carbonyl (C=O) groups is 1. The molecule has 1 atom stereocenters. The molecule has 0 saturated carbocycles. The Labute approximate surface area is 227 Å². The topological polar surface area (TPSA) is 87.7 Å². The minimum absolute atomic E-state index is 0.0950. The molecule has 0 aliphatic carbocycles. The van der Waals surface area contributed by atoms with Crippen molar-refractivity contribution in [3.63, 3.8) is 0 Å². The number of fused-ring (bicyclic) bond motifs is 1. The Bertz CT molecular complexity index is 1430. The molecule has 1 amide bonds. The third kappa shape index (κ3) is 4.94. The van der Waals surface area contributed by atoms with Gasteiger partial charge in [-0.05, 0) is 53.9 Å². The number of nitrogens with zero attached hydrogens (tertiary/aromatic N) is 2. The van der Waals surface area contributed by atoms with Crippen LogP contribution in [0.25, 0.3) is 11.3 Å². The van der Waals surface area contributed by atoms with Crippen molar-refractivity contribution in [2.24, 2.45) is 0 Å². The third-order valence-electron chi connectivity index (χ3n) is 6.80. The highest BCUT2D eigenvalue weighted by atomic mass is 35.5. The van der Waals surface area contributed by atoms with Crippen molar-refractivity contribution in [2.75, 3.05) is 13.7 Å². The molecule has 8 heteroatoms. The van der Waals surface area contributed by atoms with Gasteiger partial charge in [0, 0.05) is 22.7 Å². The van der Waals surface area contributed by atoms with Crippen LogP contribution in [0.15, 0.2) is 66.7 Å². The molecular weight excluding hydrogens is 502 g/mol. The van der Waals surface area contributed by atoms with E-state index in [1.54, 1.807) is 30.2 Å². The van der Waals surface area contributed by atoms with E-state index in [1.807, 2.05) is 48.5 Å². The minimum Gasteiger partial charge on any atom is -0.507 e. The number of amides is 1. The van der Waals surface area contributed by atoms with Crippen LogP contribution >= 0.6 is 11.6 Å². The van der Waals surface area contributed by atoms with Crippen LogP contribution in [0.5, 0.6) is 17.2 Å². The minimum atomic E-state index is -0.468. The lowest BCUT2D eigenvalue weighted by molar-refractivity contribution is 0.0730. The second-order valence-corrected chi connectivity index (χ2v) is 9.74. The van der Waals surface area contributed by atoms with E-state index < -0.39 is 6.04 Å². The van der Waals surface area contributed by atoms with Gasteiger partial charge in [-0.25, -0.2) is 0 Å². The molecule has 1 aliphatic rings. The number of hydrogen-bond acceptors (Lipinski definition) is 5. The van der Waals surface area contributed by atoms with Crippen LogP contribution in [-0.4, -0.2) is 39.8 Å². The zero-order valence-electron chi connectivity index (χ0n) is 21.4. The number of para-hydroxylation sites is 1. The third-order valence-corrected chi connectivity index (χ3v) is 7.05. The smallest absolute Gasteiger partial charge is 0.273 e. The first-order chi connectivity index (χ1) is 18.5. The van der Waals surface area contributed by atoms with Crippen molar-refractivity contribution in [1.82, 2.24) is 15.1 Å². The molecule has 196 valence electrons. The maximum Gasteiger partial charge on any atom is 0.273 e. The number of aromatic amines is 1. The first kappa shape index (κ1) is 25.7. The quantitative estimate of drug-likeness (QED) is 0.221. The van der Waals surface area contributed by atoms with Crippen molar-refractivity contribution < 1.29 is 19.4 Å². The van der Waals surface area contributed by atoms with Gasteiger partial charge in [-0.15, -0.1) is 0 Å². The summed E-state index contributed by atoms with van der Waals surface area (Å²) in [6, 6.07) is 19.7. The molecule has 2 N–H and O–H groups in total. The second-order valence-electron chi connectivity index (χ2n) is 9.31. The highest BCUT2D eigenvalue weighted by Gasteiger charge is 2.42. The average Bonchev–Trinajstić information content (AvgIpc) is 3.47. The van der Waals surface area contributed by atoms with E-state index in [0.717, 1.165) is 30.4 Å². The summed E-state index contributed by atoms with van der Waals surface area (Å²) >= 11 is 6.10. The Morgan fingerprint density at radius 1 is 1.05 bits per heavy atom. The predicted octanol–water partition coefficient (Wildman–Crippen LogP) is 6.76. The molecule has 1 aromatic heterocycles. The summed E-state index contributed by atoms with van der Waals surface area (Å²) in [5.74, 6) is 1.18. The number of carbonyl (C=O) groups excluding carboxylic acids is 1. The van der Waals surface area contributed by atoms with Crippen LogP contribution in [0.1, 0.15) is 59.4 Å². The van der Waals surface area contributed by atoms with E-state index in [4.69, 9.17) is 21.1 Å². The van der Waals surface area contributed by atoms with Crippen LogP contribution in [0.4, 0.5) is 0 Å². The van der Waals surface area contributed by atoms with Crippen molar-refractivity contribution in [3.8, 4) is 28.5 Å². The maximum atomic E-state index is 13.7. The monoisotopic (exact) mass is 531 g/mol. The van der Waals surface area contributed by atoms with Gasteiger partial charge in [0.1, 0.15) is 17.1 Å². The molecule has 0 bridgehead atoms. The number of halogens is 1. The Hall–Kier alpha value is -3.97. The van der Waals surface area contributed by atoms with Crippen LogP contribution in [-0.2, 0) is 6.54 Å². The molecule has 38 heavy (non-hydrogen) atoms. The van der Waals surface area contributed by atoms with Crippen molar-refractivity contribution in [2.45, 2.75) is 38.8 Å². The molecule has 5 rings (SSSR count). The summed E-state index contributed by atoms with van der Waals surface area (Å²) in [6.45, 7) is 3.13. The molecule has 0 fully saturated rings. The number of H-pyrrole nitrogens is 1. The number of hydrogen-bond donors (Lipinski definition) is 2. The van der Waals surface area contributed by atoms with Gasteiger partial charge in [0.2, 0.25) is 0 Å². The molecule has 7 nitrogen and oxygen atoms in total. The summed E-state index contributed by atoms with van der Waals surface area (Å²) in [6.07, 6.45) is 3.18. The van der Waals surface area contributed by atoms with Gasteiger partial charge in [0.05, 0.1) is 19.8 Å². The van der Waals surface area contributed by atoms with Gasteiger partial charge < -0.3 is 19.5 Å². The summed E-state index contributed by atoms with van der Waals surface area (Å²) in [5, 5.41) is 18.6. The van der Waals surface area contributed by atoms with Gasteiger partial charge in [0.25, 0.3) is 5.91 Å². The Morgan fingerprint density at radius 2 is 1.84 bits per heavy atom. The fourth-order valence-corrected chi connectivity index (χ4v) is 5.01. The number of unbranched alkanes of at least 4 members (excludes halogenated alkanes) is 2. The zero-order valence-corrected chi connectivity index (χ0v) is 22.2. The van der Waals surface area contributed by atoms with Gasteiger partial charge >= 0.3 is 0 Å². The number of phenols is 1. The van der Waals surface area contributed by atoms with E-state index in [9.17, 15) is 9.90 Å². The zero-order chi connectivity index (χ0) is 26.6. The van der Waals surface area contributed by atoms with Crippen LogP contribution in [0.3, 0.4) is 0 Å². The van der Waals surface area contributed by atoms with E-state index in [-0.39, 0.29) is 11.7 Å². The number of benzene rings is 3. The second kappa shape index (κ2) is 11.2. The Morgan fingerprint density at radius 3 is 2.58 bits per heavy atom. The number of aromatic nitrogens is 2. The number of methoxy groups -OCH3 is 1. The van der Waals surface area contributed by atoms with Gasteiger partial charge in [0.15, 0.2) is 11.5 Å². The molecule has 0 radical (unpaired) electrons. The fraction of sp³-hybridized carbons (Fsp3) is 0.267. The largest absolute Gasteiger partial charge is 0.507 e. The van der Waals surface area contributed by atoms with E-state index in [1.165, 1.54) is 0 Å². The van der Waals surface area contributed by atoms with Crippen molar-refractivity contribution in [3.05, 3.63) is 94.1 Å². The average molecular weight is 532 g/mol. The Balaban J connectivity index is 1.58. The summed E-state index contributed by atoms with van der Waals surface area (Å²) in [7, 11) is 1.61. The number of rotatable bonds is 10. The van der Waals surface area contributed by atoms with Gasteiger partial charge in [-0.3, -0.25) is 9.89 Å². The molecule has 0 spiro atoms. The number of phenolic OH excluding ortho intramolecular Hbond substituents is 1. The summed E-state index contributed by atoms with van der Waals surface area (Å²) < 4.78 is 11.7. The molecule has 4 aromatic rings. The molecule has 1 aliphatic heterocycles.